The van der Waals surface area contributed by atoms with E-state index in [0.29, 0.717) is 17.1 Å². The minimum atomic E-state index is -0.166. The summed E-state index contributed by atoms with van der Waals surface area (Å²) in [6.45, 7) is 4.34. The largest absolute Gasteiger partial charge is 0.366 e. The average Bonchev–Trinajstić information content (AvgIpc) is 2.86. The van der Waals surface area contributed by atoms with E-state index in [2.05, 4.69) is 22.2 Å². The third-order valence-electron chi connectivity index (χ3n) is 3.48. The maximum atomic E-state index is 11.8. The maximum absolute atomic E-state index is 11.8. The van der Waals surface area contributed by atoms with Gasteiger partial charge in [0.1, 0.15) is 17.1 Å². The first kappa shape index (κ1) is 12.8. The first-order valence-corrected chi connectivity index (χ1v) is 7.35. The summed E-state index contributed by atoms with van der Waals surface area (Å²) >= 11 is 1.41. The first-order chi connectivity index (χ1) is 9.16. The molecule has 1 aliphatic heterocycles. The fourth-order valence-corrected chi connectivity index (χ4v) is 3.11. The molecule has 0 bridgehead atoms. The average molecular weight is 279 g/mol. The van der Waals surface area contributed by atoms with Gasteiger partial charge in [-0.2, -0.15) is 0 Å². The molecule has 102 valence electrons. The molecule has 2 N–H and O–H groups in total. The third kappa shape index (κ3) is 2.70. The van der Waals surface area contributed by atoms with Crippen LogP contribution in [0.3, 0.4) is 0 Å². The number of aromatic nitrogens is 2. The monoisotopic (exact) mass is 279 g/mol. The molecule has 0 radical (unpaired) electrons. The van der Waals surface area contributed by atoms with Crippen LogP contribution in [-0.4, -0.2) is 28.7 Å². The van der Waals surface area contributed by atoms with Crippen molar-refractivity contribution in [2.45, 2.75) is 32.0 Å². The van der Waals surface area contributed by atoms with Gasteiger partial charge in [0.25, 0.3) is 5.56 Å². The molecule has 2 aromatic rings. The van der Waals surface area contributed by atoms with Crippen molar-refractivity contribution in [1.29, 1.82) is 0 Å². The predicted molar refractivity (Wildman–Crippen MR) is 75.5 cm³/mol. The van der Waals surface area contributed by atoms with Gasteiger partial charge in [0.2, 0.25) is 0 Å². The van der Waals surface area contributed by atoms with Gasteiger partial charge in [0, 0.05) is 6.54 Å². The fraction of sp³-hybridized carbons (Fsp3) is 0.538. The molecule has 1 aliphatic rings. The molecule has 2 aromatic heterocycles. The number of fused-ring (bicyclic) bond motifs is 1. The van der Waals surface area contributed by atoms with Crippen molar-refractivity contribution in [3.05, 3.63) is 27.6 Å². The number of thiophene rings is 1. The Morgan fingerprint density at radius 1 is 1.58 bits per heavy atom. The number of H-pyrrole nitrogens is 1. The quantitative estimate of drug-likeness (QED) is 0.896. The lowest BCUT2D eigenvalue weighted by atomic mass is 9.96. The van der Waals surface area contributed by atoms with Crippen molar-refractivity contribution >= 4 is 21.6 Å². The molecule has 19 heavy (non-hydrogen) atoms. The number of aromatic amines is 1. The van der Waals surface area contributed by atoms with Crippen molar-refractivity contribution in [2.24, 2.45) is 0 Å². The Balaban J connectivity index is 1.76. The molecule has 5 nitrogen and oxygen atoms in total. The fourth-order valence-electron chi connectivity index (χ4n) is 2.38. The molecule has 1 atom stereocenters. The second kappa shape index (κ2) is 5.03. The van der Waals surface area contributed by atoms with E-state index in [1.165, 1.54) is 11.3 Å². The van der Waals surface area contributed by atoms with Gasteiger partial charge in [-0.05, 0) is 37.8 Å². The van der Waals surface area contributed by atoms with Crippen molar-refractivity contribution in [2.75, 3.05) is 13.1 Å². The number of rotatable bonds is 3. The summed E-state index contributed by atoms with van der Waals surface area (Å²) in [7, 11) is 0. The zero-order chi connectivity index (χ0) is 13.3. The lowest BCUT2D eigenvalue weighted by Crippen LogP contribution is -2.45. The van der Waals surface area contributed by atoms with E-state index in [-0.39, 0.29) is 11.2 Å². The van der Waals surface area contributed by atoms with Gasteiger partial charge < -0.3 is 15.0 Å². The summed E-state index contributed by atoms with van der Waals surface area (Å²) in [5.74, 6) is 0.600. The SMILES string of the molecule is CC1(OCc2nc3ccsc3c(=O)[nH]2)CCCNC1. The standard InChI is InChI=1S/C13H17N3O2S/c1-13(4-2-5-14-8-13)18-7-10-15-9-3-6-19-11(9)12(17)16-10/h3,6,14H,2,4-5,7-8H2,1H3,(H,15,16,17). The van der Waals surface area contributed by atoms with Gasteiger partial charge in [-0.25, -0.2) is 4.98 Å². The Hall–Kier alpha value is -1.24. The molecule has 1 unspecified atom stereocenters. The number of hydrogen-bond acceptors (Lipinski definition) is 5. The highest BCUT2D eigenvalue weighted by atomic mass is 32.1. The molecule has 6 heteroatoms. The smallest absolute Gasteiger partial charge is 0.268 e. The van der Waals surface area contributed by atoms with Gasteiger partial charge >= 0.3 is 0 Å². The molecule has 0 aromatic carbocycles. The lowest BCUT2D eigenvalue weighted by Gasteiger charge is -2.33. The number of piperidine rings is 1. The van der Waals surface area contributed by atoms with Crippen LogP contribution in [-0.2, 0) is 11.3 Å². The lowest BCUT2D eigenvalue weighted by molar-refractivity contribution is -0.0595. The summed E-state index contributed by atoms with van der Waals surface area (Å²) in [6, 6.07) is 1.86. The minimum absolute atomic E-state index is 0.0782. The van der Waals surface area contributed by atoms with Crippen molar-refractivity contribution in [1.82, 2.24) is 15.3 Å². The van der Waals surface area contributed by atoms with E-state index >= 15 is 0 Å². The maximum Gasteiger partial charge on any atom is 0.268 e. The molecular formula is C13H17N3O2S. The Bertz CT molecular complexity index is 628. The summed E-state index contributed by atoms with van der Waals surface area (Å²) in [6.07, 6.45) is 2.15. The van der Waals surface area contributed by atoms with E-state index < -0.39 is 0 Å². The second-order valence-electron chi connectivity index (χ2n) is 5.17. The molecule has 0 saturated carbocycles. The predicted octanol–water partition coefficient (Wildman–Crippen LogP) is 1.64. The zero-order valence-electron chi connectivity index (χ0n) is 10.9. The van der Waals surface area contributed by atoms with Crippen LogP contribution in [0.25, 0.3) is 10.2 Å². The van der Waals surface area contributed by atoms with E-state index in [9.17, 15) is 4.79 Å². The number of nitrogens with one attached hydrogen (secondary N) is 2. The molecule has 0 spiro atoms. The molecule has 0 aliphatic carbocycles. The number of nitrogens with zero attached hydrogens (tertiary/aromatic N) is 1. The Morgan fingerprint density at radius 2 is 2.47 bits per heavy atom. The van der Waals surface area contributed by atoms with Gasteiger partial charge in [-0.15, -0.1) is 11.3 Å². The van der Waals surface area contributed by atoms with Crippen molar-refractivity contribution in [3.8, 4) is 0 Å². The number of ether oxygens (including phenoxy) is 1. The van der Waals surface area contributed by atoms with Crippen LogP contribution in [0.5, 0.6) is 0 Å². The normalized spacial score (nSPS) is 23.8. The molecule has 3 rings (SSSR count). The summed E-state index contributed by atoms with van der Waals surface area (Å²) in [5.41, 5.74) is 0.505. The minimum Gasteiger partial charge on any atom is -0.366 e. The van der Waals surface area contributed by atoms with Crippen molar-refractivity contribution in [3.63, 3.8) is 0 Å². The van der Waals surface area contributed by atoms with Crippen LogP contribution >= 0.6 is 11.3 Å². The summed E-state index contributed by atoms with van der Waals surface area (Å²) < 4.78 is 6.62. The second-order valence-corrected chi connectivity index (χ2v) is 6.08. The zero-order valence-corrected chi connectivity index (χ0v) is 11.7. The highest BCUT2D eigenvalue weighted by Gasteiger charge is 2.27. The van der Waals surface area contributed by atoms with Gasteiger partial charge in [0.15, 0.2) is 0 Å². The Kier molecular flexibility index (Phi) is 3.38. The van der Waals surface area contributed by atoms with Crippen LogP contribution in [0, 0.1) is 0 Å². The van der Waals surface area contributed by atoms with E-state index in [1.807, 2.05) is 11.4 Å². The van der Waals surface area contributed by atoms with Gasteiger partial charge in [0.05, 0.1) is 11.1 Å². The van der Waals surface area contributed by atoms with E-state index in [4.69, 9.17) is 4.74 Å². The highest BCUT2D eigenvalue weighted by Crippen LogP contribution is 2.21. The van der Waals surface area contributed by atoms with Crippen LogP contribution < -0.4 is 10.9 Å². The van der Waals surface area contributed by atoms with Crippen molar-refractivity contribution < 1.29 is 4.74 Å². The first-order valence-electron chi connectivity index (χ1n) is 6.47. The highest BCUT2D eigenvalue weighted by molar-refractivity contribution is 7.17. The van der Waals surface area contributed by atoms with Crippen LogP contribution in [0.1, 0.15) is 25.6 Å². The summed E-state index contributed by atoms with van der Waals surface area (Å²) in [5, 5.41) is 5.21. The van der Waals surface area contributed by atoms with Crippen LogP contribution in [0.2, 0.25) is 0 Å². The molecule has 3 heterocycles. The van der Waals surface area contributed by atoms with E-state index in [1.54, 1.807) is 0 Å². The molecule has 0 amide bonds. The Morgan fingerprint density at radius 3 is 3.26 bits per heavy atom. The van der Waals surface area contributed by atoms with Gasteiger partial charge in [-0.3, -0.25) is 4.79 Å². The third-order valence-corrected chi connectivity index (χ3v) is 4.38. The van der Waals surface area contributed by atoms with E-state index in [0.717, 1.165) is 31.4 Å². The van der Waals surface area contributed by atoms with Crippen LogP contribution in [0.15, 0.2) is 16.2 Å². The molecule has 1 saturated heterocycles. The van der Waals surface area contributed by atoms with Crippen LogP contribution in [0.4, 0.5) is 0 Å². The molecule has 1 fully saturated rings. The summed E-state index contributed by atoms with van der Waals surface area (Å²) in [4.78, 5) is 19.1. The van der Waals surface area contributed by atoms with Gasteiger partial charge in [-0.1, -0.05) is 0 Å². The molecular weight excluding hydrogens is 262 g/mol. The number of hydrogen-bond donors (Lipinski definition) is 2. The Labute approximate surface area is 115 Å². The topological polar surface area (TPSA) is 67.0 Å².